The van der Waals surface area contributed by atoms with Gasteiger partial charge in [-0.15, -0.1) is 0 Å². The number of carbonyl (C=O) groups is 1. The van der Waals surface area contributed by atoms with E-state index in [-0.39, 0.29) is 11.9 Å². The van der Waals surface area contributed by atoms with Crippen molar-refractivity contribution in [2.75, 3.05) is 5.43 Å². The van der Waals surface area contributed by atoms with Gasteiger partial charge < -0.3 is 10.7 Å². The summed E-state index contributed by atoms with van der Waals surface area (Å²) in [6, 6.07) is 1.81. The summed E-state index contributed by atoms with van der Waals surface area (Å²) in [6.07, 6.45) is 4.81. The van der Waals surface area contributed by atoms with Gasteiger partial charge in [0.05, 0.1) is 10.6 Å². The van der Waals surface area contributed by atoms with Crippen molar-refractivity contribution in [1.82, 2.24) is 10.3 Å². The highest BCUT2D eigenvalue weighted by atomic mass is 35.5. The number of hydrogen-bond donors (Lipinski definition) is 3. The maximum Gasteiger partial charge on any atom is 0.253 e. The smallest absolute Gasteiger partial charge is 0.253 e. The lowest BCUT2D eigenvalue weighted by atomic mass is 9.80. The minimum Gasteiger partial charge on any atom is -0.349 e. The lowest BCUT2D eigenvalue weighted by molar-refractivity contribution is 0.0899. The van der Waals surface area contributed by atoms with Gasteiger partial charge in [0.2, 0.25) is 0 Å². The van der Waals surface area contributed by atoms with Crippen molar-refractivity contribution in [3.8, 4) is 0 Å². The predicted octanol–water partition coefficient (Wildman–Crippen LogP) is 2.58. The second kappa shape index (κ2) is 6.41. The lowest BCUT2D eigenvalue weighted by Crippen LogP contribution is -2.42. The zero-order chi connectivity index (χ0) is 14.7. The summed E-state index contributed by atoms with van der Waals surface area (Å²) >= 11 is 5.98. The fourth-order valence-electron chi connectivity index (χ4n) is 2.80. The van der Waals surface area contributed by atoms with Crippen molar-refractivity contribution < 1.29 is 4.79 Å². The number of rotatable bonds is 3. The maximum absolute atomic E-state index is 12.2. The number of hydrogen-bond acceptors (Lipinski definition) is 4. The first-order chi connectivity index (χ1) is 9.51. The number of pyridine rings is 1. The number of nitrogens with two attached hydrogens (primary N) is 1. The molecule has 20 heavy (non-hydrogen) atoms. The van der Waals surface area contributed by atoms with Gasteiger partial charge in [-0.1, -0.05) is 25.4 Å². The van der Waals surface area contributed by atoms with E-state index in [0.717, 1.165) is 25.2 Å². The van der Waals surface area contributed by atoms with Crippen LogP contribution in [0.25, 0.3) is 0 Å². The highest BCUT2D eigenvalue weighted by molar-refractivity contribution is 6.33. The number of carbonyl (C=O) groups excluding carboxylic acids is 1. The van der Waals surface area contributed by atoms with E-state index in [1.54, 1.807) is 6.07 Å². The van der Waals surface area contributed by atoms with E-state index >= 15 is 0 Å². The van der Waals surface area contributed by atoms with Crippen LogP contribution in [0.2, 0.25) is 5.02 Å². The van der Waals surface area contributed by atoms with Gasteiger partial charge in [0.1, 0.15) is 0 Å². The first-order valence-corrected chi connectivity index (χ1v) is 7.32. The first kappa shape index (κ1) is 15.1. The van der Waals surface area contributed by atoms with Crippen LogP contribution in [0.1, 0.15) is 43.5 Å². The van der Waals surface area contributed by atoms with Gasteiger partial charge in [0, 0.05) is 12.2 Å². The van der Waals surface area contributed by atoms with E-state index < -0.39 is 0 Å². The number of amides is 1. The van der Waals surface area contributed by atoms with Crippen molar-refractivity contribution >= 4 is 23.3 Å². The quantitative estimate of drug-likeness (QED) is 0.591. The summed E-state index contributed by atoms with van der Waals surface area (Å²) in [6.45, 7) is 4.45. The monoisotopic (exact) mass is 296 g/mol. The average Bonchev–Trinajstić information content (AvgIpc) is 2.41. The van der Waals surface area contributed by atoms with Crippen molar-refractivity contribution in [2.24, 2.45) is 17.7 Å². The van der Waals surface area contributed by atoms with E-state index in [2.05, 4.69) is 29.6 Å². The van der Waals surface area contributed by atoms with Crippen LogP contribution < -0.4 is 16.6 Å². The standard InChI is InChI=1S/C14H21ClN4O/c1-8-3-4-12(9(2)5-8)18-14(20)10-6-11(15)13(19-16)17-7-10/h6-9,12H,3-5,16H2,1-2H3,(H,17,19)(H,18,20). The molecule has 1 aliphatic rings. The zero-order valence-electron chi connectivity index (χ0n) is 11.8. The minimum atomic E-state index is -0.130. The van der Waals surface area contributed by atoms with E-state index in [4.69, 9.17) is 17.4 Å². The molecule has 6 heteroatoms. The Balaban J connectivity index is 2.03. The van der Waals surface area contributed by atoms with Crippen LogP contribution in [-0.2, 0) is 0 Å². The number of nitrogen functional groups attached to an aromatic ring is 1. The molecular formula is C14H21ClN4O. The molecule has 0 aromatic carbocycles. The number of anilines is 1. The molecule has 0 radical (unpaired) electrons. The molecular weight excluding hydrogens is 276 g/mol. The molecule has 3 unspecified atom stereocenters. The third kappa shape index (κ3) is 3.41. The molecule has 1 amide bonds. The zero-order valence-corrected chi connectivity index (χ0v) is 12.6. The second-order valence-corrected chi connectivity index (χ2v) is 6.08. The van der Waals surface area contributed by atoms with Crippen molar-refractivity contribution in [3.63, 3.8) is 0 Å². The van der Waals surface area contributed by atoms with Crippen LogP contribution in [0.5, 0.6) is 0 Å². The summed E-state index contributed by atoms with van der Waals surface area (Å²) in [7, 11) is 0. The summed E-state index contributed by atoms with van der Waals surface area (Å²) in [5.41, 5.74) is 2.84. The van der Waals surface area contributed by atoms with Gasteiger partial charge in [0.15, 0.2) is 5.82 Å². The van der Waals surface area contributed by atoms with Gasteiger partial charge in [-0.2, -0.15) is 0 Å². The van der Waals surface area contributed by atoms with E-state index in [0.29, 0.717) is 22.3 Å². The Labute approximate surface area is 124 Å². The van der Waals surface area contributed by atoms with Crippen LogP contribution >= 0.6 is 11.6 Å². The molecule has 1 fully saturated rings. The highest BCUT2D eigenvalue weighted by Gasteiger charge is 2.26. The topological polar surface area (TPSA) is 80.0 Å². The number of nitrogens with zero attached hydrogens (tertiary/aromatic N) is 1. The summed E-state index contributed by atoms with van der Waals surface area (Å²) in [4.78, 5) is 16.2. The van der Waals surface area contributed by atoms with Crippen LogP contribution in [0, 0.1) is 11.8 Å². The molecule has 1 saturated carbocycles. The molecule has 1 aliphatic carbocycles. The first-order valence-electron chi connectivity index (χ1n) is 6.94. The molecule has 1 aromatic heterocycles. The molecule has 1 aromatic rings. The Morgan fingerprint density at radius 1 is 1.45 bits per heavy atom. The number of aromatic nitrogens is 1. The largest absolute Gasteiger partial charge is 0.349 e. The molecule has 4 N–H and O–H groups in total. The Bertz CT molecular complexity index is 494. The lowest BCUT2D eigenvalue weighted by Gasteiger charge is -2.33. The fourth-order valence-corrected chi connectivity index (χ4v) is 3.02. The molecule has 110 valence electrons. The third-order valence-corrected chi connectivity index (χ3v) is 4.28. The van der Waals surface area contributed by atoms with Gasteiger partial charge in [-0.05, 0) is 37.2 Å². The predicted molar refractivity (Wildman–Crippen MR) is 80.5 cm³/mol. The maximum atomic E-state index is 12.2. The number of halogens is 1. The normalized spacial score (nSPS) is 26.1. The number of nitrogens with one attached hydrogen (secondary N) is 2. The Morgan fingerprint density at radius 3 is 2.80 bits per heavy atom. The van der Waals surface area contributed by atoms with E-state index in [1.807, 2.05) is 0 Å². The second-order valence-electron chi connectivity index (χ2n) is 5.67. The fraction of sp³-hybridized carbons (Fsp3) is 0.571. The summed E-state index contributed by atoms with van der Waals surface area (Å²) in [5, 5.41) is 3.42. The van der Waals surface area contributed by atoms with Gasteiger partial charge in [-0.25, -0.2) is 10.8 Å². The van der Waals surface area contributed by atoms with E-state index in [9.17, 15) is 4.79 Å². The SMILES string of the molecule is CC1CCC(NC(=O)c2cnc(NN)c(Cl)c2)C(C)C1. The van der Waals surface area contributed by atoms with Crippen LogP contribution in [0.3, 0.4) is 0 Å². The highest BCUT2D eigenvalue weighted by Crippen LogP contribution is 2.29. The van der Waals surface area contributed by atoms with Gasteiger partial charge in [-0.3, -0.25) is 4.79 Å². The molecule has 5 nitrogen and oxygen atoms in total. The Hall–Kier alpha value is -1.33. The molecule has 0 spiro atoms. The van der Waals surface area contributed by atoms with Crippen LogP contribution in [-0.4, -0.2) is 16.9 Å². The van der Waals surface area contributed by atoms with Gasteiger partial charge in [0.25, 0.3) is 5.91 Å². The molecule has 0 saturated heterocycles. The average molecular weight is 297 g/mol. The van der Waals surface area contributed by atoms with Crippen LogP contribution in [0.15, 0.2) is 12.3 Å². The molecule has 0 bridgehead atoms. The minimum absolute atomic E-state index is 0.130. The summed E-state index contributed by atoms with van der Waals surface area (Å²) in [5.74, 6) is 6.73. The Morgan fingerprint density at radius 2 is 2.20 bits per heavy atom. The number of hydrazine groups is 1. The van der Waals surface area contributed by atoms with Crippen LogP contribution in [0.4, 0.5) is 5.82 Å². The third-order valence-electron chi connectivity index (χ3n) is 3.99. The van der Waals surface area contributed by atoms with Crippen molar-refractivity contribution in [2.45, 2.75) is 39.2 Å². The van der Waals surface area contributed by atoms with Crippen molar-refractivity contribution in [1.29, 1.82) is 0 Å². The van der Waals surface area contributed by atoms with E-state index in [1.165, 1.54) is 6.20 Å². The van der Waals surface area contributed by atoms with Crippen molar-refractivity contribution in [3.05, 3.63) is 22.8 Å². The molecule has 1 heterocycles. The Kier molecular flexibility index (Phi) is 4.83. The molecule has 0 aliphatic heterocycles. The molecule has 3 atom stereocenters. The summed E-state index contributed by atoms with van der Waals surface area (Å²) < 4.78 is 0. The molecule has 2 rings (SSSR count). The van der Waals surface area contributed by atoms with Gasteiger partial charge >= 0.3 is 0 Å².